The largest absolute Gasteiger partial charge is 0.321 e. The van der Waals surface area contributed by atoms with Gasteiger partial charge >= 0.3 is 0 Å². The molecule has 0 saturated carbocycles. The lowest BCUT2D eigenvalue weighted by atomic mass is 9.97. The molecule has 0 atom stereocenters. The summed E-state index contributed by atoms with van der Waals surface area (Å²) in [5, 5.41) is 21.3. The maximum atomic E-state index is 13.7. The van der Waals surface area contributed by atoms with Crippen LogP contribution in [0, 0.1) is 18.3 Å². The van der Waals surface area contributed by atoms with Crippen molar-refractivity contribution < 1.29 is 9.59 Å². The van der Waals surface area contributed by atoms with Crippen molar-refractivity contribution in [2.24, 2.45) is 7.05 Å². The van der Waals surface area contributed by atoms with Crippen LogP contribution in [0.2, 0.25) is 0 Å². The number of aryl methyl sites for hydroxylation is 2. The second kappa shape index (κ2) is 10.9. The van der Waals surface area contributed by atoms with Crippen LogP contribution in [0.1, 0.15) is 48.0 Å². The minimum Gasteiger partial charge on any atom is -0.321 e. The van der Waals surface area contributed by atoms with E-state index in [-0.39, 0.29) is 22.8 Å². The van der Waals surface area contributed by atoms with Crippen molar-refractivity contribution in [3.63, 3.8) is 0 Å². The number of carbonyl (C=O) groups excluding carboxylic acids is 2. The number of amides is 1. The first-order valence-electron chi connectivity index (χ1n) is 13.4. The molecule has 0 aliphatic rings. The van der Waals surface area contributed by atoms with Gasteiger partial charge in [-0.05, 0) is 81.3 Å². The third-order valence-corrected chi connectivity index (χ3v) is 7.01. The average molecular weight is 545 g/mol. The summed E-state index contributed by atoms with van der Waals surface area (Å²) >= 11 is 0. The Labute approximate surface area is 238 Å². The summed E-state index contributed by atoms with van der Waals surface area (Å²) in [5.41, 5.74) is 6.47. The van der Waals surface area contributed by atoms with Crippen molar-refractivity contribution in [2.75, 3.05) is 11.9 Å². The monoisotopic (exact) mass is 544 g/mol. The van der Waals surface area contributed by atoms with Gasteiger partial charge in [0.25, 0.3) is 0 Å². The van der Waals surface area contributed by atoms with Crippen LogP contribution in [0.5, 0.6) is 0 Å². The third kappa shape index (κ3) is 5.53. The van der Waals surface area contributed by atoms with Crippen LogP contribution < -0.4 is 10.6 Å². The van der Waals surface area contributed by atoms with Crippen molar-refractivity contribution in [1.82, 2.24) is 19.5 Å². The molecule has 206 valence electrons. The summed E-state index contributed by atoms with van der Waals surface area (Å²) in [6.45, 7) is 8.75. The fourth-order valence-corrected chi connectivity index (χ4v) is 4.97. The predicted octanol–water partition coefficient (Wildman–Crippen LogP) is 5.79. The van der Waals surface area contributed by atoms with Gasteiger partial charge < -0.3 is 15.0 Å². The molecule has 8 nitrogen and oxygen atoms in total. The molecule has 0 fully saturated rings. The summed E-state index contributed by atoms with van der Waals surface area (Å²) in [6.07, 6.45) is 6.90. The Kier molecular flexibility index (Phi) is 7.31. The lowest BCUT2D eigenvalue weighted by Crippen LogP contribution is -2.35. The summed E-state index contributed by atoms with van der Waals surface area (Å²) < 4.78 is 3.73. The average Bonchev–Trinajstić information content (AvgIpc) is 3.54. The second-order valence-electron chi connectivity index (χ2n) is 11.1. The van der Waals surface area contributed by atoms with Crippen LogP contribution in [-0.2, 0) is 11.8 Å². The zero-order valence-electron chi connectivity index (χ0n) is 23.8. The summed E-state index contributed by atoms with van der Waals surface area (Å²) in [5.74, 6) is -0.568. The van der Waals surface area contributed by atoms with Crippen molar-refractivity contribution >= 4 is 33.8 Å². The molecule has 0 aliphatic carbocycles. The Hall–Kier alpha value is -5.00. The Morgan fingerprint density at radius 2 is 1.85 bits per heavy atom. The molecule has 5 aromatic rings. The minimum atomic E-state index is -0.347. The fraction of sp³-hybridized carbons (Fsp3) is 0.212. The molecule has 0 radical (unpaired) electrons. The van der Waals surface area contributed by atoms with Gasteiger partial charge in [-0.1, -0.05) is 18.2 Å². The summed E-state index contributed by atoms with van der Waals surface area (Å²) in [4.78, 5) is 26.1. The molecule has 2 aromatic carbocycles. The molecule has 0 aliphatic heterocycles. The Bertz CT molecular complexity index is 1880. The van der Waals surface area contributed by atoms with Crippen LogP contribution in [0.15, 0.2) is 79.1 Å². The highest BCUT2D eigenvalue weighted by molar-refractivity contribution is 6.10. The van der Waals surface area contributed by atoms with Gasteiger partial charge in [0.15, 0.2) is 0 Å². The van der Waals surface area contributed by atoms with Crippen molar-refractivity contribution in [3.05, 3.63) is 102 Å². The van der Waals surface area contributed by atoms with Crippen molar-refractivity contribution in [1.29, 1.82) is 5.26 Å². The number of hydrogen-bond acceptors (Lipinski definition) is 5. The molecule has 0 unspecified atom stereocenters. The van der Waals surface area contributed by atoms with Crippen molar-refractivity contribution in [3.8, 4) is 17.2 Å². The molecule has 41 heavy (non-hydrogen) atoms. The van der Waals surface area contributed by atoms with Gasteiger partial charge in [0.2, 0.25) is 11.7 Å². The number of ketones is 1. The molecular formula is C33H32N6O2. The Morgan fingerprint density at radius 1 is 1.07 bits per heavy atom. The second-order valence-corrected chi connectivity index (χ2v) is 11.1. The molecule has 2 N–H and O–H groups in total. The zero-order chi connectivity index (χ0) is 29.3. The quantitative estimate of drug-likeness (QED) is 0.199. The highest BCUT2D eigenvalue weighted by atomic mass is 16.1. The van der Waals surface area contributed by atoms with E-state index in [1.807, 2.05) is 61.4 Å². The maximum Gasteiger partial charge on any atom is 0.248 e. The van der Waals surface area contributed by atoms with Crippen LogP contribution >= 0.6 is 0 Å². The number of carbonyl (C=O) groups is 2. The Morgan fingerprint density at radius 3 is 2.61 bits per heavy atom. The number of anilines is 1. The van der Waals surface area contributed by atoms with Gasteiger partial charge in [-0.3, -0.25) is 14.3 Å². The van der Waals surface area contributed by atoms with Crippen LogP contribution in [0.4, 0.5) is 5.69 Å². The van der Waals surface area contributed by atoms with Gasteiger partial charge in [0.1, 0.15) is 6.07 Å². The zero-order valence-corrected chi connectivity index (χ0v) is 23.8. The molecule has 3 heterocycles. The van der Waals surface area contributed by atoms with E-state index in [4.69, 9.17) is 0 Å². The third-order valence-electron chi connectivity index (χ3n) is 7.01. The van der Waals surface area contributed by atoms with E-state index in [0.717, 1.165) is 33.1 Å². The standard InChI is InChI=1S/C33H32N6O2/c1-21-10-13-27-25(20-36-38(27)5)31(21)24-8-7-17-39-28(24)14-15-29(39)32(41)22-11-12-26(23(18-22)19-34)37-30(40)9-6-16-35-33(2,3)4/h6-15,17-18,20,35H,16H2,1-5H3,(H,37,40)/b9-6+. The van der Waals surface area contributed by atoms with E-state index in [1.54, 1.807) is 24.3 Å². The number of fused-ring (bicyclic) bond motifs is 2. The molecule has 0 bridgehead atoms. The first kappa shape index (κ1) is 27.6. The van der Waals surface area contributed by atoms with E-state index in [9.17, 15) is 14.9 Å². The van der Waals surface area contributed by atoms with Crippen LogP contribution in [0.3, 0.4) is 0 Å². The normalized spacial score (nSPS) is 11.8. The number of rotatable bonds is 7. The van der Waals surface area contributed by atoms with Gasteiger partial charge in [0.05, 0.1) is 34.2 Å². The molecule has 5 rings (SSSR count). The number of hydrogen-bond donors (Lipinski definition) is 2. The molecule has 0 spiro atoms. The number of nitrogens with zero attached hydrogens (tertiary/aromatic N) is 4. The van der Waals surface area contributed by atoms with Crippen LogP contribution in [-0.4, -0.2) is 38.0 Å². The number of nitriles is 1. The highest BCUT2D eigenvalue weighted by Crippen LogP contribution is 2.35. The summed E-state index contributed by atoms with van der Waals surface area (Å²) in [6, 6.07) is 18.7. The van der Waals surface area contributed by atoms with Gasteiger partial charge in [0, 0.05) is 47.9 Å². The fourth-order valence-electron chi connectivity index (χ4n) is 4.97. The van der Waals surface area contributed by atoms with E-state index in [1.165, 1.54) is 12.1 Å². The minimum absolute atomic E-state index is 0.0591. The Balaban J connectivity index is 1.43. The van der Waals surface area contributed by atoms with Gasteiger partial charge in [-0.2, -0.15) is 10.4 Å². The van der Waals surface area contributed by atoms with E-state index in [0.29, 0.717) is 23.5 Å². The first-order valence-corrected chi connectivity index (χ1v) is 13.4. The molecule has 0 saturated heterocycles. The van der Waals surface area contributed by atoms with Gasteiger partial charge in [-0.15, -0.1) is 0 Å². The molecule has 8 heteroatoms. The van der Waals surface area contributed by atoms with Crippen LogP contribution in [0.25, 0.3) is 27.5 Å². The van der Waals surface area contributed by atoms with E-state index < -0.39 is 0 Å². The SMILES string of the molecule is Cc1ccc2c(cnn2C)c1-c1cccn2c(C(=O)c3ccc(NC(=O)/C=C/CNC(C)(C)C)c(C#N)c3)ccc12. The smallest absolute Gasteiger partial charge is 0.248 e. The molecule has 3 aromatic heterocycles. The number of pyridine rings is 1. The lowest BCUT2D eigenvalue weighted by Gasteiger charge is -2.18. The highest BCUT2D eigenvalue weighted by Gasteiger charge is 2.19. The number of benzene rings is 2. The first-order chi connectivity index (χ1) is 19.6. The molecule has 1 amide bonds. The number of nitrogens with one attached hydrogen (secondary N) is 2. The molecular weight excluding hydrogens is 512 g/mol. The lowest BCUT2D eigenvalue weighted by molar-refractivity contribution is -0.111. The maximum absolute atomic E-state index is 13.7. The topological polar surface area (TPSA) is 104 Å². The summed E-state index contributed by atoms with van der Waals surface area (Å²) in [7, 11) is 1.92. The number of aromatic nitrogens is 3. The van der Waals surface area contributed by atoms with Crippen molar-refractivity contribution in [2.45, 2.75) is 33.2 Å². The predicted molar refractivity (Wildman–Crippen MR) is 162 cm³/mol. The van der Waals surface area contributed by atoms with Gasteiger partial charge in [-0.25, -0.2) is 0 Å². The van der Waals surface area contributed by atoms with E-state index in [2.05, 4.69) is 46.9 Å². The van der Waals surface area contributed by atoms with E-state index >= 15 is 0 Å².